The van der Waals surface area contributed by atoms with E-state index in [-0.39, 0.29) is 12.1 Å². The maximum Gasteiger partial charge on any atom is 0.170 e. The Morgan fingerprint density at radius 3 is 2.58 bits per heavy atom. The number of hydrogen-bond donors (Lipinski definition) is 1. The van der Waals surface area contributed by atoms with E-state index in [1.807, 2.05) is 30.5 Å². The van der Waals surface area contributed by atoms with Crippen molar-refractivity contribution in [2.45, 2.75) is 18.5 Å². The summed E-state index contributed by atoms with van der Waals surface area (Å²) in [7, 11) is 5.89. The molecule has 1 aliphatic rings. The molecule has 31 heavy (non-hydrogen) atoms. The molecular formula is C24H29N5OS. The lowest BCUT2D eigenvalue weighted by Gasteiger charge is -2.29. The second-order valence-corrected chi connectivity index (χ2v) is 8.36. The summed E-state index contributed by atoms with van der Waals surface area (Å²) in [6.45, 7) is 1.89. The second kappa shape index (κ2) is 9.49. The van der Waals surface area contributed by atoms with E-state index in [0.717, 1.165) is 41.8 Å². The minimum absolute atomic E-state index is 0.0139. The van der Waals surface area contributed by atoms with Crippen LogP contribution in [0.25, 0.3) is 5.69 Å². The Morgan fingerprint density at radius 2 is 1.90 bits per heavy atom. The number of rotatable bonds is 8. The molecule has 1 fully saturated rings. The molecule has 162 valence electrons. The molecule has 0 bridgehead atoms. The Balaban J connectivity index is 1.72. The van der Waals surface area contributed by atoms with Gasteiger partial charge in [-0.05, 0) is 87.8 Å². The van der Waals surface area contributed by atoms with Gasteiger partial charge in [-0.15, -0.1) is 0 Å². The summed E-state index contributed by atoms with van der Waals surface area (Å²) in [6, 6.07) is 18.5. The zero-order chi connectivity index (χ0) is 21.8. The van der Waals surface area contributed by atoms with Crippen molar-refractivity contribution in [1.29, 1.82) is 0 Å². The van der Waals surface area contributed by atoms with Crippen LogP contribution < -0.4 is 10.1 Å². The predicted molar refractivity (Wildman–Crippen MR) is 128 cm³/mol. The summed E-state index contributed by atoms with van der Waals surface area (Å²) in [5.41, 5.74) is 3.26. The van der Waals surface area contributed by atoms with Gasteiger partial charge in [-0.2, -0.15) is 0 Å². The van der Waals surface area contributed by atoms with Gasteiger partial charge in [-0.1, -0.05) is 6.07 Å². The van der Waals surface area contributed by atoms with Crippen molar-refractivity contribution in [1.82, 2.24) is 24.7 Å². The molecule has 0 amide bonds. The summed E-state index contributed by atoms with van der Waals surface area (Å²) in [5.74, 6) is 0.845. The van der Waals surface area contributed by atoms with E-state index in [9.17, 15) is 0 Å². The molecule has 1 N–H and O–H groups in total. The first kappa shape index (κ1) is 21.3. The van der Waals surface area contributed by atoms with E-state index < -0.39 is 0 Å². The number of hydrogen-bond acceptors (Lipinski definition) is 4. The van der Waals surface area contributed by atoms with E-state index >= 15 is 0 Å². The Morgan fingerprint density at radius 1 is 1.10 bits per heavy atom. The van der Waals surface area contributed by atoms with Crippen molar-refractivity contribution in [2.24, 2.45) is 0 Å². The summed E-state index contributed by atoms with van der Waals surface area (Å²) in [5, 5.41) is 4.32. The highest BCUT2D eigenvalue weighted by Gasteiger charge is 2.40. The molecule has 0 unspecified atom stereocenters. The van der Waals surface area contributed by atoms with Crippen molar-refractivity contribution in [3.05, 3.63) is 78.4 Å². The van der Waals surface area contributed by atoms with E-state index in [0.29, 0.717) is 0 Å². The molecule has 6 nitrogen and oxygen atoms in total. The molecule has 3 aromatic rings. The minimum Gasteiger partial charge on any atom is -0.497 e. The average Bonchev–Trinajstić information content (AvgIpc) is 3.39. The lowest BCUT2D eigenvalue weighted by atomic mass is 10.0. The standard InChI is InChI=1S/C24H29N5OS/c1-27(2)15-7-17-29-23(22(26-24(29)31)20-8-4-5-14-25-20)21-9-6-16-28(21)18-10-12-19(30-3)13-11-18/h4-6,8-14,16,22-23H,7,15,17H2,1-3H3,(H,26,31)/t22-,23+/m1/s1. The summed E-state index contributed by atoms with van der Waals surface area (Å²) < 4.78 is 7.56. The molecule has 1 aromatic carbocycles. The lowest BCUT2D eigenvalue weighted by molar-refractivity contribution is 0.286. The number of aromatic nitrogens is 2. The maximum absolute atomic E-state index is 5.79. The fourth-order valence-corrected chi connectivity index (χ4v) is 4.47. The Bertz CT molecular complexity index is 1000. The lowest BCUT2D eigenvalue weighted by Crippen LogP contribution is -2.32. The maximum atomic E-state index is 5.79. The number of nitrogens with one attached hydrogen (secondary N) is 1. The van der Waals surface area contributed by atoms with Gasteiger partial charge in [0, 0.05) is 30.3 Å². The molecule has 1 aliphatic heterocycles. The Labute approximate surface area is 189 Å². The third-order valence-corrected chi connectivity index (χ3v) is 5.99. The first-order valence-electron chi connectivity index (χ1n) is 10.5. The molecule has 3 heterocycles. The van der Waals surface area contributed by atoms with Gasteiger partial charge in [0.2, 0.25) is 0 Å². The van der Waals surface area contributed by atoms with Crippen molar-refractivity contribution >= 4 is 17.3 Å². The van der Waals surface area contributed by atoms with Crippen molar-refractivity contribution in [3.63, 3.8) is 0 Å². The molecule has 2 atom stereocenters. The topological polar surface area (TPSA) is 45.6 Å². The Kier molecular flexibility index (Phi) is 6.53. The van der Waals surface area contributed by atoms with Crippen LogP contribution in [0.5, 0.6) is 5.75 Å². The van der Waals surface area contributed by atoms with Crippen molar-refractivity contribution < 1.29 is 4.74 Å². The number of methoxy groups -OCH3 is 1. The fourth-order valence-electron chi connectivity index (χ4n) is 4.14. The third kappa shape index (κ3) is 4.57. The first-order valence-corrected chi connectivity index (χ1v) is 10.9. The number of thiocarbonyl (C=S) groups is 1. The normalized spacial score (nSPS) is 18.5. The minimum atomic E-state index is -0.0139. The monoisotopic (exact) mass is 435 g/mol. The quantitative estimate of drug-likeness (QED) is 0.543. The molecular weight excluding hydrogens is 406 g/mol. The van der Waals surface area contributed by atoms with Gasteiger partial charge in [0.15, 0.2) is 5.11 Å². The Hall–Kier alpha value is -2.90. The van der Waals surface area contributed by atoms with Gasteiger partial charge < -0.3 is 24.4 Å². The van der Waals surface area contributed by atoms with E-state index in [1.165, 1.54) is 5.69 Å². The van der Waals surface area contributed by atoms with Gasteiger partial charge in [0.1, 0.15) is 5.75 Å². The third-order valence-electron chi connectivity index (χ3n) is 5.64. The fraction of sp³-hybridized carbons (Fsp3) is 0.333. The van der Waals surface area contributed by atoms with Crippen LogP contribution in [0.1, 0.15) is 29.9 Å². The van der Waals surface area contributed by atoms with Gasteiger partial charge in [-0.25, -0.2) is 0 Å². The van der Waals surface area contributed by atoms with E-state index in [1.54, 1.807) is 7.11 Å². The molecule has 1 saturated heterocycles. The highest BCUT2D eigenvalue weighted by Crippen LogP contribution is 2.39. The molecule has 0 aliphatic carbocycles. The van der Waals surface area contributed by atoms with Crippen LogP contribution in [0.2, 0.25) is 0 Å². The van der Waals surface area contributed by atoms with Gasteiger partial charge in [0.05, 0.1) is 24.9 Å². The van der Waals surface area contributed by atoms with E-state index in [2.05, 4.69) is 75.3 Å². The van der Waals surface area contributed by atoms with Crippen LogP contribution in [0, 0.1) is 0 Å². The van der Waals surface area contributed by atoms with Gasteiger partial charge in [0.25, 0.3) is 0 Å². The number of nitrogens with zero attached hydrogens (tertiary/aromatic N) is 4. The van der Waals surface area contributed by atoms with E-state index in [4.69, 9.17) is 17.0 Å². The van der Waals surface area contributed by atoms with Gasteiger partial charge >= 0.3 is 0 Å². The summed E-state index contributed by atoms with van der Waals surface area (Å²) >= 11 is 5.79. The van der Waals surface area contributed by atoms with Crippen molar-refractivity contribution in [2.75, 3.05) is 34.3 Å². The van der Waals surface area contributed by atoms with Crippen molar-refractivity contribution in [3.8, 4) is 11.4 Å². The summed E-state index contributed by atoms with van der Waals surface area (Å²) in [6.07, 6.45) is 4.98. The van der Waals surface area contributed by atoms with Crippen LogP contribution in [-0.4, -0.2) is 58.8 Å². The SMILES string of the molecule is COc1ccc(-n2cccc2[C@H]2[C@@H](c3ccccn3)NC(=S)N2CCCN(C)C)cc1. The van der Waals surface area contributed by atoms with Gasteiger partial charge in [-0.3, -0.25) is 4.98 Å². The molecule has 4 rings (SSSR count). The highest BCUT2D eigenvalue weighted by molar-refractivity contribution is 7.80. The zero-order valence-corrected chi connectivity index (χ0v) is 19.0. The van der Waals surface area contributed by atoms with Crippen LogP contribution in [0.15, 0.2) is 67.0 Å². The highest BCUT2D eigenvalue weighted by atomic mass is 32.1. The number of pyridine rings is 1. The van der Waals surface area contributed by atoms with Crippen LogP contribution in [0.4, 0.5) is 0 Å². The number of benzene rings is 1. The average molecular weight is 436 g/mol. The summed E-state index contributed by atoms with van der Waals surface area (Å²) in [4.78, 5) is 9.16. The molecule has 2 aromatic heterocycles. The molecule has 0 radical (unpaired) electrons. The number of ether oxygens (including phenoxy) is 1. The molecule has 0 spiro atoms. The molecule has 0 saturated carbocycles. The largest absolute Gasteiger partial charge is 0.497 e. The van der Waals surface area contributed by atoms with Crippen LogP contribution >= 0.6 is 12.2 Å². The zero-order valence-electron chi connectivity index (χ0n) is 18.2. The van der Waals surface area contributed by atoms with Crippen LogP contribution in [-0.2, 0) is 0 Å². The van der Waals surface area contributed by atoms with Crippen LogP contribution in [0.3, 0.4) is 0 Å². The second-order valence-electron chi connectivity index (χ2n) is 7.98. The molecule has 7 heteroatoms. The predicted octanol–water partition coefficient (Wildman–Crippen LogP) is 3.81. The smallest absolute Gasteiger partial charge is 0.170 e. The first-order chi connectivity index (χ1) is 15.1.